The smallest absolute Gasteiger partial charge is 0.314 e. The van der Waals surface area contributed by atoms with Gasteiger partial charge in [0.2, 0.25) is 0 Å². The number of hydrogen-bond acceptors (Lipinski definition) is 7. The van der Waals surface area contributed by atoms with E-state index in [9.17, 15) is 24.5 Å². The predicted molar refractivity (Wildman–Crippen MR) is 89.7 cm³/mol. The van der Waals surface area contributed by atoms with Gasteiger partial charge in [-0.1, -0.05) is 6.07 Å². The van der Waals surface area contributed by atoms with E-state index in [-0.39, 0.29) is 29.0 Å². The van der Waals surface area contributed by atoms with Crippen molar-refractivity contribution in [2.75, 3.05) is 5.32 Å². The molecule has 0 saturated carbocycles. The number of H-pyrrole nitrogens is 2. The Balaban J connectivity index is 2.11. The first-order valence-electron chi connectivity index (χ1n) is 7.08. The van der Waals surface area contributed by atoms with Crippen molar-refractivity contribution in [3.8, 4) is 0 Å². The van der Waals surface area contributed by atoms with Crippen LogP contribution in [0.15, 0.2) is 50.9 Å². The van der Waals surface area contributed by atoms with Crippen molar-refractivity contribution in [1.29, 1.82) is 0 Å². The van der Waals surface area contributed by atoms with Crippen LogP contribution in [0.3, 0.4) is 0 Å². The molecule has 0 atom stereocenters. The Bertz CT molecular complexity index is 1150. The number of nitrogens with zero attached hydrogens (tertiary/aromatic N) is 2. The molecule has 0 amide bonds. The Morgan fingerprint density at radius 2 is 1.88 bits per heavy atom. The van der Waals surface area contributed by atoms with E-state index >= 15 is 0 Å². The second-order valence-electron chi connectivity index (χ2n) is 5.09. The molecule has 0 unspecified atom stereocenters. The van der Waals surface area contributed by atoms with Gasteiger partial charge in [0.15, 0.2) is 0 Å². The lowest BCUT2D eigenvalue weighted by Crippen LogP contribution is -2.29. The maximum absolute atomic E-state index is 11.8. The third kappa shape index (κ3) is 3.27. The molecule has 0 aliphatic heterocycles. The summed E-state index contributed by atoms with van der Waals surface area (Å²) in [7, 11) is 0. The molecule has 10 heteroatoms. The molecule has 2 aromatic heterocycles. The SMILES string of the molecule is O=c1nccccc1NCc1cc([N+](=O)[O-])cc2[nH]c(=O)c(=O)[nH]c12. The first-order chi connectivity index (χ1) is 12.0. The molecule has 3 aromatic rings. The summed E-state index contributed by atoms with van der Waals surface area (Å²) in [5.74, 6) is 0. The highest BCUT2D eigenvalue weighted by atomic mass is 16.6. The number of hydrogen-bond donors (Lipinski definition) is 3. The summed E-state index contributed by atoms with van der Waals surface area (Å²) in [5.41, 5.74) is -1.65. The molecule has 0 aliphatic carbocycles. The molecule has 0 radical (unpaired) electrons. The molecular weight excluding hydrogens is 330 g/mol. The van der Waals surface area contributed by atoms with Gasteiger partial charge in [-0.05, 0) is 12.1 Å². The van der Waals surface area contributed by atoms with Crippen molar-refractivity contribution in [2.45, 2.75) is 6.54 Å². The molecule has 1 aromatic carbocycles. The van der Waals surface area contributed by atoms with Crippen LogP contribution < -0.4 is 22.0 Å². The summed E-state index contributed by atoms with van der Waals surface area (Å²) in [6, 6.07) is 7.11. The van der Waals surface area contributed by atoms with Crippen LogP contribution >= 0.6 is 0 Å². The van der Waals surface area contributed by atoms with Gasteiger partial charge in [-0.15, -0.1) is 0 Å². The molecular formula is C15H11N5O5. The number of nitrogens with one attached hydrogen (secondary N) is 3. The molecule has 0 spiro atoms. The minimum absolute atomic E-state index is 0.00109. The Labute approximate surface area is 138 Å². The number of aromatic amines is 2. The lowest BCUT2D eigenvalue weighted by molar-refractivity contribution is -0.384. The average molecular weight is 341 g/mol. The second-order valence-corrected chi connectivity index (χ2v) is 5.09. The fourth-order valence-electron chi connectivity index (χ4n) is 2.30. The van der Waals surface area contributed by atoms with E-state index in [0.717, 1.165) is 6.07 Å². The van der Waals surface area contributed by atoms with Crippen molar-refractivity contribution in [1.82, 2.24) is 15.0 Å². The maximum Gasteiger partial charge on any atom is 0.314 e. The van der Waals surface area contributed by atoms with Gasteiger partial charge in [0, 0.05) is 30.4 Å². The van der Waals surface area contributed by atoms with Crippen molar-refractivity contribution < 1.29 is 4.92 Å². The van der Waals surface area contributed by atoms with E-state index in [2.05, 4.69) is 20.3 Å². The van der Waals surface area contributed by atoms with E-state index in [4.69, 9.17) is 0 Å². The summed E-state index contributed by atoms with van der Waals surface area (Å²) < 4.78 is 0. The molecule has 3 N–H and O–H groups in total. The van der Waals surface area contributed by atoms with E-state index in [1.807, 2.05) is 0 Å². The van der Waals surface area contributed by atoms with E-state index < -0.39 is 21.6 Å². The van der Waals surface area contributed by atoms with E-state index in [1.54, 1.807) is 12.1 Å². The van der Waals surface area contributed by atoms with Gasteiger partial charge in [0.05, 0.1) is 16.0 Å². The molecule has 10 nitrogen and oxygen atoms in total. The number of nitro groups is 1. The van der Waals surface area contributed by atoms with Crippen LogP contribution in [0.2, 0.25) is 0 Å². The fourth-order valence-corrected chi connectivity index (χ4v) is 2.30. The molecule has 0 bridgehead atoms. The summed E-state index contributed by atoms with van der Waals surface area (Å²) in [6.07, 6.45) is 1.35. The number of rotatable bonds is 4. The largest absolute Gasteiger partial charge is 0.376 e. The van der Waals surface area contributed by atoms with E-state index in [1.165, 1.54) is 18.3 Å². The monoisotopic (exact) mass is 341 g/mol. The zero-order valence-electron chi connectivity index (χ0n) is 12.6. The van der Waals surface area contributed by atoms with Gasteiger partial charge in [-0.25, -0.2) is 4.98 Å². The number of aromatic nitrogens is 3. The molecule has 0 saturated heterocycles. The molecule has 0 aliphatic rings. The van der Waals surface area contributed by atoms with Gasteiger partial charge < -0.3 is 15.3 Å². The number of benzene rings is 1. The quantitative estimate of drug-likeness (QED) is 0.355. The number of anilines is 1. The minimum Gasteiger partial charge on any atom is -0.376 e. The average Bonchev–Trinajstić information content (AvgIpc) is 2.78. The van der Waals surface area contributed by atoms with Crippen LogP contribution in [-0.4, -0.2) is 19.9 Å². The van der Waals surface area contributed by atoms with Gasteiger partial charge in [0.1, 0.15) is 5.69 Å². The van der Waals surface area contributed by atoms with Gasteiger partial charge in [0.25, 0.3) is 11.2 Å². The number of nitro benzene ring substituents is 1. The van der Waals surface area contributed by atoms with Gasteiger partial charge in [-0.2, -0.15) is 0 Å². The number of fused-ring (bicyclic) bond motifs is 1. The highest BCUT2D eigenvalue weighted by molar-refractivity contribution is 5.80. The minimum atomic E-state index is -0.909. The normalized spacial score (nSPS) is 10.6. The highest BCUT2D eigenvalue weighted by Gasteiger charge is 2.14. The van der Waals surface area contributed by atoms with E-state index in [0.29, 0.717) is 5.56 Å². The maximum atomic E-state index is 11.8. The van der Waals surface area contributed by atoms with Crippen LogP contribution in [0.5, 0.6) is 0 Å². The highest BCUT2D eigenvalue weighted by Crippen LogP contribution is 2.22. The zero-order valence-corrected chi connectivity index (χ0v) is 12.6. The molecule has 0 fully saturated rings. The third-order valence-corrected chi connectivity index (χ3v) is 3.46. The molecule has 126 valence electrons. The Hall–Kier alpha value is -3.82. The van der Waals surface area contributed by atoms with Crippen LogP contribution in [0, 0.1) is 10.1 Å². The van der Waals surface area contributed by atoms with Crippen LogP contribution in [0.1, 0.15) is 5.56 Å². The second kappa shape index (κ2) is 6.35. The fraction of sp³-hybridized carbons (Fsp3) is 0.0667. The third-order valence-electron chi connectivity index (χ3n) is 3.46. The van der Waals surface area contributed by atoms with Gasteiger partial charge >= 0.3 is 11.1 Å². The molecule has 3 rings (SSSR count). The van der Waals surface area contributed by atoms with Crippen molar-refractivity contribution in [3.63, 3.8) is 0 Å². The Morgan fingerprint density at radius 3 is 2.64 bits per heavy atom. The summed E-state index contributed by atoms with van der Waals surface area (Å²) in [6.45, 7) is 0.00109. The predicted octanol–water partition coefficient (Wildman–Crippen LogP) is 0.492. The lowest BCUT2D eigenvalue weighted by Gasteiger charge is -2.08. The summed E-state index contributed by atoms with van der Waals surface area (Å²) >= 11 is 0. The zero-order chi connectivity index (χ0) is 18.0. The van der Waals surface area contributed by atoms with Gasteiger partial charge in [-0.3, -0.25) is 24.5 Å². The van der Waals surface area contributed by atoms with Crippen LogP contribution in [0.25, 0.3) is 11.0 Å². The summed E-state index contributed by atoms with van der Waals surface area (Å²) in [4.78, 5) is 53.6. The first kappa shape index (κ1) is 16.1. The number of non-ortho nitro benzene ring substituents is 1. The molecule has 25 heavy (non-hydrogen) atoms. The Morgan fingerprint density at radius 1 is 1.12 bits per heavy atom. The Kier molecular flexibility index (Phi) is 4.08. The summed E-state index contributed by atoms with van der Waals surface area (Å²) in [5, 5.41) is 13.9. The van der Waals surface area contributed by atoms with Crippen molar-refractivity contribution >= 4 is 22.4 Å². The van der Waals surface area contributed by atoms with Crippen molar-refractivity contribution in [3.05, 3.63) is 83.3 Å². The van der Waals surface area contributed by atoms with Crippen molar-refractivity contribution in [2.24, 2.45) is 0 Å². The topological polar surface area (TPSA) is 151 Å². The molecule has 2 heterocycles. The lowest BCUT2D eigenvalue weighted by atomic mass is 10.1. The van der Waals surface area contributed by atoms with Crippen LogP contribution in [-0.2, 0) is 6.54 Å². The van der Waals surface area contributed by atoms with Crippen LogP contribution in [0.4, 0.5) is 11.4 Å². The standard InChI is InChI=1S/C15H11N5O5/c21-13-10(3-1-2-4-16-13)17-7-8-5-9(20(24)25)6-11-12(8)19-15(23)14(22)18-11/h1-6H,7H2,(H,18,22)(H,19,23)(H,16,17,21). The first-order valence-corrected chi connectivity index (χ1v) is 7.08.